The van der Waals surface area contributed by atoms with Gasteiger partial charge in [-0.3, -0.25) is 10.1 Å². The molecule has 0 aliphatic heterocycles. The molecule has 14 heavy (non-hydrogen) atoms. The molecule has 6 nitrogen and oxygen atoms in total. The number of aryl methyl sites for hydroxylation is 2. The monoisotopic (exact) mass is 191 g/mol. The summed E-state index contributed by atoms with van der Waals surface area (Å²) in [7, 11) is 0. The van der Waals surface area contributed by atoms with Gasteiger partial charge in [-0.25, -0.2) is 4.98 Å². The number of aromatic nitrogens is 4. The normalized spacial score (nSPS) is 10.4. The van der Waals surface area contributed by atoms with E-state index in [-0.39, 0.29) is 5.95 Å². The molecule has 2 aromatic rings. The van der Waals surface area contributed by atoms with E-state index in [4.69, 9.17) is 0 Å². The second-order valence-electron chi connectivity index (χ2n) is 2.95. The summed E-state index contributed by atoms with van der Waals surface area (Å²) in [6.45, 7) is 3.79. The van der Waals surface area contributed by atoms with Crippen LogP contribution >= 0.6 is 0 Å². The number of carbonyl (C=O) groups excluding carboxylic acids is 1. The Morgan fingerprint density at radius 3 is 2.93 bits per heavy atom. The highest BCUT2D eigenvalue weighted by Gasteiger charge is 2.05. The van der Waals surface area contributed by atoms with Crippen molar-refractivity contribution in [3.63, 3.8) is 0 Å². The lowest BCUT2D eigenvalue weighted by molar-refractivity contribution is -0.105. The third-order valence-corrected chi connectivity index (χ3v) is 1.81. The number of rotatable bonds is 2. The van der Waals surface area contributed by atoms with Crippen LogP contribution in [0.2, 0.25) is 0 Å². The van der Waals surface area contributed by atoms with Gasteiger partial charge < -0.3 is 0 Å². The number of carbonyl (C=O) groups is 1. The summed E-state index contributed by atoms with van der Waals surface area (Å²) in [5.41, 5.74) is 1.80. The molecule has 0 bridgehead atoms. The summed E-state index contributed by atoms with van der Waals surface area (Å²) in [6, 6.07) is 1.90. The van der Waals surface area contributed by atoms with Gasteiger partial charge in [-0.1, -0.05) is 0 Å². The predicted octanol–water partition coefficient (Wildman–Crippen LogP) is 0.309. The van der Waals surface area contributed by atoms with E-state index < -0.39 is 0 Å². The molecule has 0 fully saturated rings. The number of nitrogens with one attached hydrogen (secondary N) is 1. The third-order valence-electron chi connectivity index (χ3n) is 1.81. The van der Waals surface area contributed by atoms with Crippen LogP contribution in [0, 0.1) is 13.8 Å². The van der Waals surface area contributed by atoms with Crippen molar-refractivity contribution in [2.45, 2.75) is 13.8 Å². The van der Waals surface area contributed by atoms with E-state index in [2.05, 4.69) is 20.4 Å². The first-order valence-electron chi connectivity index (χ1n) is 4.12. The molecule has 0 spiro atoms. The first-order valence-corrected chi connectivity index (χ1v) is 4.12. The van der Waals surface area contributed by atoms with Gasteiger partial charge >= 0.3 is 0 Å². The van der Waals surface area contributed by atoms with Crippen molar-refractivity contribution < 1.29 is 4.79 Å². The van der Waals surface area contributed by atoms with E-state index in [1.165, 1.54) is 0 Å². The van der Waals surface area contributed by atoms with Gasteiger partial charge in [0.1, 0.15) is 0 Å². The van der Waals surface area contributed by atoms with Crippen LogP contribution < -0.4 is 5.32 Å². The van der Waals surface area contributed by atoms with E-state index in [0.29, 0.717) is 12.2 Å². The first kappa shape index (κ1) is 8.61. The van der Waals surface area contributed by atoms with Crippen molar-refractivity contribution in [2.24, 2.45) is 0 Å². The predicted molar refractivity (Wildman–Crippen MR) is 49.9 cm³/mol. The second-order valence-corrected chi connectivity index (χ2v) is 2.95. The van der Waals surface area contributed by atoms with Crippen LogP contribution in [-0.4, -0.2) is 26.0 Å². The van der Waals surface area contributed by atoms with Crippen LogP contribution in [0.15, 0.2) is 6.07 Å². The van der Waals surface area contributed by atoms with Crippen LogP contribution in [0.5, 0.6) is 0 Å². The van der Waals surface area contributed by atoms with Crippen molar-refractivity contribution in [2.75, 3.05) is 5.32 Å². The highest BCUT2D eigenvalue weighted by molar-refractivity contribution is 5.67. The fourth-order valence-corrected chi connectivity index (χ4v) is 1.28. The van der Waals surface area contributed by atoms with Crippen LogP contribution in [0.25, 0.3) is 5.78 Å². The number of hydrogen-bond acceptors (Lipinski definition) is 4. The number of fused-ring (bicyclic) bond motifs is 1. The van der Waals surface area contributed by atoms with E-state index in [1.807, 2.05) is 19.9 Å². The van der Waals surface area contributed by atoms with Crippen LogP contribution in [0.3, 0.4) is 0 Å². The molecule has 0 aromatic carbocycles. The van der Waals surface area contributed by atoms with E-state index in [9.17, 15) is 4.79 Å². The van der Waals surface area contributed by atoms with Gasteiger partial charge in [-0.05, 0) is 19.9 Å². The zero-order chi connectivity index (χ0) is 10.1. The highest BCUT2D eigenvalue weighted by Crippen LogP contribution is 2.06. The lowest BCUT2D eigenvalue weighted by Crippen LogP contribution is -1.98. The Hall–Kier alpha value is -1.98. The molecule has 72 valence electrons. The summed E-state index contributed by atoms with van der Waals surface area (Å²) in [5.74, 6) is 0.757. The second kappa shape index (κ2) is 3.06. The maximum absolute atomic E-state index is 10.2. The Bertz CT molecular complexity index is 490. The molecule has 2 heterocycles. The molecule has 1 N–H and O–H groups in total. The maximum atomic E-state index is 10.2. The van der Waals surface area contributed by atoms with E-state index in [1.54, 1.807) is 4.52 Å². The van der Waals surface area contributed by atoms with E-state index in [0.717, 1.165) is 11.4 Å². The topological polar surface area (TPSA) is 72.2 Å². The summed E-state index contributed by atoms with van der Waals surface area (Å²) in [6.07, 6.45) is 0.539. The molecule has 0 aliphatic carbocycles. The average molecular weight is 191 g/mol. The zero-order valence-corrected chi connectivity index (χ0v) is 7.85. The summed E-state index contributed by atoms with van der Waals surface area (Å²) in [5, 5.41) is 6.42. The van der Waals surface area contributed by atoms with Crippen molar-refractivity contribution in [3.8, 4) is 0 Å². The number of hydrogen-bond donors (Lipinski definition) is 1. The van der Waals surface area contributed by atoms with Crippen LogP contribution in [-0.2, 0) is 4.79 Å². The van der Waals surface area contributed by atoms with Crippen LogP contribution in [0.4, 0.5) is 5.95 Å². The number of amides is 1. The molecular formula is C8H9N5O. The lowest BCUT2D eigenvalue weighted by atomic mass is 10.4. The van der Waals surface area contributed by atoms with Gasteiger partial charge in [0.15, 0.2) is 0 Å². The number of nitrogens with zero attached hydrogens (tertiary/aromatic N) is 4. The molecule has 2 aromatic heterocycles. The molecular weight excluding hydrogens is 182 g/mol. The fourth-order valence-electron chi connectivity index (χ4n) is 1.28. The maximum Gasteiger partial charge on any atom is 0.254 e. The van der Waals surface area contributed by atoms with Gasteiger partial charge in [0.05, 0.1) is 0 Å². The summed E-state index contributed by atoms with van der Waals surface area (Å²) < 4.78 is 1.58. The Balaban J connectivity index is 2.64. The summed E-state index contributed by atoms with van der Waals surface area (Å²) >= 11 is 0. The first-order chi connectivity index (χ1) is 6.70. The Morgan fingerprint density at radius 2 is 2.21 bits per heavy atom. The Kier molecular flexibility index (Phi) is 1.88. The van der Waals surface area contributed by atoms with Gasteiger partial charge in [0.2, 0.25) is 6.41 Å². The Labute approximate surface area is 80.0 Å². The van der Waals surface area contributed by atoms with Crippen molar-refractivity contribution in [3.05, 3.63) is 17.5 Å². The molecule has 0 saturated carbocycles. The van der Waals surface area contributed by atoms with Gasteiger partial charge in [-0.15, -0.1) is 5.10 Å². The molecule has 0 unspecified atom stereocenters. The standard InChI is InChI=1S/C8H9N5O/c1-5-3-6(2)13-8(10-5)11-7(12-13)9-4-14/h3-4H,1-2H3,(H,9,12,14). The molecule has 6 heteroatoms. The number of anilines is 1. The quantitative estimate of drug-likeness (QED) is 0.693. The largest absolute Gasteiger partial charge is 0.296 e. The molecule has 0 saturated heterocycles. The fraction of sp³-hybridized carbons (Fsp3) is 0.250. The molecule has 0 atom stereocenters. The van der Waals surface area contributed by atoms with Gasteiger partial charge in [-0.2, -0.15) is 9.50 Å². The van der Waals surface area contributed by atoms with E-state index >= 15 is 0 Å². The summed E-state index contributed by atoms with van der Waals surface area (Å²) in [4.78, 5) is 18.4. The van der Waals surface area contributed by atoms with Crippen molar-refractivity contribution in [1.29, 1.82) is 0 Å². The molecule has 0 aliphatic rings. The molecule has 1 amide bonds. The minimum Gasteiger partial charge on any atom is -0.296 e. The minimum atomic E-state index is 0.265. The Morgan fingerprint density at radius 1 is 1.43 bits per heavy atom. The SMILES string of the molecule is Cc1cc(C)n2nc(NC=O)nc2n1. The van der Waals surface area contributed by atoms with Crippen molar-refractivity contribution >= 4 is 18.1 Å². The highest BCUT2D eigenvalue weighted by atomic mass is 16.1. The lowest BCUT2D eigenvalue weighted by Gasteiger charge is -1.97. The third kappa shape index (κ3) is 1.30. The molecule has 0 radical (unpaired) electrons. The van der Waals surface area contributed by atoms with Crippen LogP contribution in [0.1, 0.15) is 11.4 Å². The van der Waals surface area contributed by atoms with Crippen molar-refractivity contribution in [1.82, 2.24) is 19.6 Å². The molecule has 2 rings (SSSR count). The van der Waals surface area contributed by atoms with Gasteiger partial charge in [0, 0.05) is 11.4 Å². The zero-order valence-electron chi connectivity index (χ0n) is 7.85. The average Bonchev–Trinajstić information content (AvgIpc) is 2.48. The smallest absolute Gasteiger partial charge is 0.254 e. The van der Waals surface area contributed by atoms with Gasteiger partial charge in [0.25, 0.3) is 11.7 Å². The minimum absolute atomic E-state index is 0.265.